The predicted molar refractivity (Wildman–Crippen MR) is 164 cm³/mol. The summed E-state index contributed by atoms with van der Waals surface area (Å²) < 4.78 is 6.64. The first-order valence-electron chi connectivity index (χ1n) is 13.8. The van der Waals surface area contributed by atoms with E-state index >= 15 is 0 Å². The summed E-state index contributed by atoms with van der Waals surface area (Å²) in [5.74, 6) is 0.938. The predicted octanol–water partition coefficient (Wildman–Crippen LogP) is 10.1. The molecule has 1 atom stereocenters. The van der Waals surface area contributed by atoms with Gasteiger partial charge in [-0.15, -0.1) is 0 Å². The van der Waals surface area contributed by atoms with Crippen molar-refractivity contribution in [2.45, 2.75) is 6.17 Å². The Labute approximate surface area is 230 Å². The van der Waals surface area contributed by atoms with Crippen LogP contribution in [0.4, 0.5) is 17.1 Å². The Morgan fingerprint density at radius 3 is 2.20 bits per heavy atom. The van der Waals surface area contributed by atoms with Crippen LogP contribution in [0.3, 0.4) is 0 Å². The maximum Gasteiger partial charge on any atom is 0.159 e. The summed E-state index contributed by atoms with van der Waals surface area (Å²) in [5, 5.41) is 7.55. The molecule has 3 nitrogen and oxygen atoms in total. The second kappa shape index (κ2) is 7.22. The smallest absolute Gasteiger partial charge is 0.159 e. The Morgan fingerprint density at radius 1 is 0.575 bits per heavy atom. The van der Waals surface area contributed by atoms with Crippen molar-refractivity contribution in [3.63, 3.8) is 0 Å². The molecule has 1 aromatic heterocycles. The molecule has 1 unspecified atom stereocenters. The van der Waals surface area contributed by atoms with Crippen molar-refractivity contribution in [3.05, 3.63) is 127 Å². The Kier molecular flexibility index (Phi) is 3.73. The Morgan fingerprint density at radius 2 is 1.30 bits per heavy atom. The van der Waals surface area contributed by atoms with E-state index in [2.05, 4.69) is 132 Å². The first-order valence-corrected chi connectivity index (χ1v) is 13.8. The van der Waals surface area contributed by atoms with Crippen molar-refractivity contribution >= 4 is 38.8 Å². The summed E-state index contributed by atoms with van der Waals surface area (Å²) in [7, 11) is 0. The van der Waals surface area contributed by atoms with E-state index in [1.165, 1.54) is 55.4 Å². The van der Waals surface area contributed by atoms with Crippen LogP contribution in [0.2, 0.25) is 0 Å². The summed E-state index contributed by atoms with van der Waals surface area (Å²) in [6.45, 7) is 0. The molecule has 0 fully saturated rings. The molecule has 3 heteroatoms. The van der Waals surface area contributed by atoms with E-state index < -0.39 is 0 Å². The first-order chi connectivity index (χ1) is 19.8. The van der Waals surface area contributed by atoms with Crippen LogP contribution >= 0.6 is 0 Å². The number of rotatable bonds is 1. The van der Waals surface area contributed by atoms with Crippen molar-refractivity contribution in [3.8, 4) is 44.7 Å². The average Bonchev–Trinajstić information content (AvgIpc) is 3.68. The van der Waals surface area contributed by atoms with E-state index in [1.807, 2.05) is 0 Å². The molecule has 3 aliphatic rings. The largest absolute Gasteiger partial charge is 0.454 e. The maximum absolute atomic E-state index is 6.64. The minimum atomic E-state index is 0.0286. The van der Waals surface area contributed by atoms with Crippen LogP contribution in [0.5, 0.6) is 0 Å². The van der Waals surface area contributed by atoms with Gasteiger partial charge in [-0.25, -0.2) is 0 Å². The van der Waals surface area contributed by atoms with E-state index in [-0.39, 0.29) is 6.17 Å². The molecule has 0 saturated carbocycles. The van der Waals surface area contributed by atoms with Crippen LogP contribution in [0.25, 0.3) is 66.4 Å². The molecule has 1 N–H and O–H groups in total. The van der Waals surface area contributed by atoms with Crippen LogP contribution in [0.1, 0.15) is 11.7 Å². The number of fused-ring (bicyclic) bond motifs is 13. The summed E-state index contributed by atoms with van der Waals surface area (Å²) >= 11 is 0. The highest BCUT2D eigenvalue weighted by atomic mass is 16.3. The monoisotopic (exact) mass is 510 g/mol. The molecule has 0 radical (unpaired) electrons. The molecule has 10 rings (SSSR count). The zero-order valence-electron chi connectivity index (χ0n) is 21.5. The lowest BCUT2D eigenvalue weighted by Gasteiger charge is -2.32. The van der Waals surface area contributed by atoms with Gasteiger partial charge in [-0.05, 0) is 68.4 Å². The Bertz CT molecular complexity index is 2190. The highest BCUT2D eigenvalue weighted by Gasteiger charge is 2.40. The van der Waals surface area contributed by atoms with E-state index in [9.17, 15) is 0 Å². The van der Waals surface area contributed by atoms with Gasteiger partial charge in [-0.3, -0.25) is 0 Å². The van der Waals surface area contributed by atoms with Crippen LogP contribution in [-0.4, -0.2) is 0 Å². The van der Waals surface area contributed by atoms with Crippen molar-refractivity contribution in [1.82, 2.24) is 0 Å². The molecular weight excluding hydrogens is 488 g/mol. The van der Waals surface area contributed by atoms with Crippen molar-refractivity contribution in [1.29, 1.82) is 0 Å². The molecule has 6 aromatic carbocycles. The van der Waals surface area contributed by atoms with Crippen molar-refractivity contribution in [2.75, 3.05) is 10.2 Å². The van der Waals surface area contributed by atoms with E-state index in [0.29, 0.717) is 0 Å². The highest BCUT2D eigenvalue weighted by molar-refractivity contribution is 6.19. The molecule has 2 aliphatic heterocycles. The van der Waals surface area contributed by atoms with Gasteiger partial charge in [0.1, 0.15) is 11.7 Å². The Hall–Kier alpha value is -5.28. The van der Waals surface area contributed by atoms with Crippen molar-refractivity contribution in [2.24, 2.45) is 0 Å². The maximum atomic E-state index is 6.64. The number of nitrogens with zero attached hydrogens (tertiary/aromatic N) is 1. The van der Waals surface area contributed by atoms with Gasteiger partial charge >= 0.3 is 0 Å². The summed E-state index contributed by atoms with van der Waals surface area (Å²) in [4.78, 5) is 2.42. The third-order valence-corrected chi connectivity index (χ3v) is 8.98. The zero-order chi connectivity index (χ0) is 25.9. The number of benzene rings is 6. The minimum absolute atomic E-state index is 0.0286. The van der Waals surface area contributed by atoms with Gasteiger partial charge in [0.15, 0.2) is 5.76 Å². The number of hydrogen-bond acceptors (Lipinski definition) is 3. The van der Waals surface area contributed by atoms with Crippen molar-refractivity contribution < 1.29 is 4.42 Å². The van der Waals surface area contributed by atoms with Gasteiger partial charge in [0.2, 0.25) is 0 Å². The lowest BCUT2D eigenvalue weighted by atomic mass is 9.92. The second-order valence-electron chi connectivity index (χ2n) is 10.9. The molecular formula is C37H22N2O. The first kappa shape index (κ1) is 20.7. The quantitative estimate of drug-likeness (QED) is 0.238. The number of nitrogens with one attached hydrogen (secondary N) is 1. The number of hydrogen-bond donors (Lipinski definition) is 1. The molecule has 0 bridgehead atoms. The number of para-hydroxylation sites is 2. The van der Waals surface area contributed by atoms with E-state index in [0.717, 1.165) is 33.7 Å². The third kappa shape index (κ3) is 2.46. The number of furan rings is 1. The lowest BCUT2D eigenvalue weighted by molar-refractivity contribution is 0.622. The topological polar surface area (TPSA) is 28.4 Å². The molecule has 7 aromatic rings. The second-order valence-corrected chi connectivity index (χ2v) is 10.9. The molecule has 40 heavy (non-hydrogen) atoms. The minimum Gasteiger partial charge on any atom is -0.454 e. The SMILES string of the molecule is c1ccc2c(c1)NC1c3ccccc3-c3oc4ccc(-c5ccc6c7c(cccc57)-c5ccccc5-6)cc4c3N21. The van der Waals surface area contributed by atoms with E-state index in [4.69, 9.17) is 4.42 Å². The summed E-state index contributed by atoms with van der Waals surface area (Å²) in [5.41, 5.74) is 14.5. The van der Waals surface area contributed by atoms with Crippen LogP contribution in [-0.2, 0) is 0 Å². The van der Waals surface area contributed by atoms with Crippen LogP contribution in [0.15, 0.2) is 126 Å². The molecule has 0 saturated heterocycles. The standard InChI is InChI=1S/C37H22N2O/c1-2-9-24-23(8-1)26-13-7-12-25-22(17-18-27(24)34(25)26)21-16-19-33-30(20-21)35-36(40-33)28-10-3-4-11-29(28)37-38-31-14-5-6-15-32(31)39(35)37/h1-20,37-38H. The molecule has 3 heterocycles. The molecule has 186 valence electrons. The van der Waals surface area contributed by atoms with Gasteiger partial charge in [-0.1, -0.05) is 97.1 Å². The average molecular weight is 511 g/mol. The van der Waals surface area contributed by atoms with Gasteiger partial charge in [0.05, 0.1) is 17.1 Å². The molecule has 1 aliphatic carbocycles. The fourth-order valence-electron chi connectivity index (χ4n) is 7.30. The summed E-state index contributed by atoms with van der Waals surface area (Å²) in [6.07, 6.45) is 0.0286. The van der Waals surface area contributed by atoms with Gasteiger partial charge in [0, 0.05) is 16.5 Å². The third-order valence-electron chi connectivity index (χ3n) is 8.98. The van der Waals surface area contributed by atoms with Gasteiger partial charge in [-0.2, -0.15) is 0 Å². The fraction of sp³-hybridized carbons (Fsp3) is 0.0270. The van der Waals surface area contributed by atoms with Gasteiger partial charge in [0.25, 0.3) is 0 Å². The van der Waals surface area contributed by atoms with Crippen LogP contribution in [0, 0.1) is 0 Å². The Balaban J connectivity index is 1.24. The van der Waals surface area contributed by atoms with Crippen LogP contribution < -0.4 is 10.2 Å². The number of anilines is 3. The lowest BCUT2D eigenvalue weighted by Crippen LogP contribution is -2.27. The zero-order valence-corrected chi connectivity index (χ0v) is 21.5. The van der Waals surface area contributed by atoms with Gasteiger partial charge < -0.3 is 14.6 Å². The van der Waals surface area contributed by atoms with E-state index in [1.54, 1.807) is 0 Å². The highest BCUT2D eigenvalue weighted by Crippen LogP contribution is 2.57. The normalized spacial score (nSPS) is 15.4. The summed E-state index contributed by atoms with van der Waals surface area (Å²) in [6, 6.07) is 43.9. The molecule has 0 spiro atoms. The molecule has 0 amide bonds. The fourth-order valence-corrected chi connectivity index (χ4v) is 7.30.